The third-order valence-corrected chi connectivity index (χ3v) is 12.1. The third-order valence-electron chi connectivity index (χ3n) is 10.9. The van der Waals surface area contributed by atoms with Crippen LogP contribution in [0.4, 0.5) is 0 Å². The van der Waals surface area contributed by atoms with Gasteiger partial charge >= 0.3 is 0 Å². The molecule has 270 valence electrons. The van der Waals surface area contributed by atoms with Crippen molar-refractivity contribution >= 4 is 86.0 Å². The largest absolute Gasteiger partial charge is 0.456 e. The summed E-state index contributed by atoms with van der Waals surface area (Å²) in [4.78, 5) is 15.8. The number of thiophene rings is 1. The van der Waals surface area contributed by atoms with Gasteiger partial charge in [0, 0.05) is 69.4 Å². The lowest BCUT2D eigenvalue weighted by Gasteiger charge is -2.14. The fourth-order valence-electron chi connectivity index (χ4n) is 8.38. The van der Waals surface area contributed by atoms with Crippen molar-refractivity contribution in [3.8, 4) is 39.9 Å². The number of benzene rings is 8. The topological polar surface area (TPSA) is 56.7 Å². The fraction of sp³-hybridized carbons (Fsp3) is 0.0392. The Morgan fingerprint density at radius 1 is 0.439 bits per heavy atom. The van der Waals surface area contributed by atoms with Crippen LogP contribution in [-0.2, 0) is 0 Å². The van der Waals surface area contributed by atoms with Gasteiger partial charge in [-0.3, -0.25) is 4.57 Å². The Balaban J connectivity index is 0.00000184. The van der Waals surface area contributed by atoms with Crippen molar-refractivity contribution < 1.29 is 4.42 Å². The van der Waals surface area contributed by atoms with E-state index in [0.717, 1.165) is 71.2 Å². The number of fused-ring (bicyclic) bond motifs is 11. The van der Waals surface area contributed by atoms with E-state index in [1.54, 1.807) is 0 Å². The molecule has 0 spiro atoms. The van der Waals surface area contributed by atoms with Crippen molar-refractivity contribution in [3.63, 3.8) is 0 Å². The molecule has 4 aromatic heterocycles. The first-order valence-corrected chi connectivity index (χ1v) is 20.2. The predicted octanol–water partition coefficient (Wildman–Crippen LogP) is 14.4. The average molecular weight is 751 g/mol. The molecule has 57 heavy (non-hydrogen) atoms. The zero-order valence-corrected chi connectivity index (χ0v) is 32.1. The molecule has 0 aliphatic rings. The minimum absolute atomic E-state index is 0.556. The van der Waals surface area contributed by atoms with Crippen LogP contribution in [-0.4, -0.2) is 19.5 Å². The van der Waals surface area contributed by atoms with Crippen LogP contribution in [0.2, 0.25) is 0 Å². The van der Waals surface area contributed by atoms with Crippen molar-refractivity contribution in [1.29, 1.82) is 0 Å². The first kappa shape index (κ1) is 33.2. The van der Waals surface area contributed by atoms with Crippen LogP contribution < -0.4 is 0 Å². The van der Waals surface area contributed by atoms with E-state index in [4.69, 9.17) is 19.4 Å². The molecule has 12 aromatic rings. The first-order valence-electron chi connectivity index (χ1n) is 19.4. The molecule has 0 amide bonds. The Morgan fingerprint density at radius 2 is 1.07 bits per heavy atom. The van der Waals surface area contributed by atoms with Crippen molar-refractivity contribution in [2.45, 2.75) is 13.8 Å². The van der Waals surface area contributed by atoms with E-state index in [1.165, 1.54) is 25.7 Å². The molecule has 0 bridgehead atoms. The van der Waals surface area contributed by atoms with Gasteiger partial charge in [0.05, 0.1) is 11.0 Å². The molecule has 0 aliphatic heterocycles. The van der Waals surface area contributed by atoms with Crippen molar-refractivity contribution in [3.05, 3.63) is 170 Å². The second kappa shape index (κ2) is 13.3. The highest BCUT2D eigenvalue weighted by atomic mass is 32.1. The van der Waals surface area contributed by atoms with Gasteiger partial charge in [0.25, 0.3) is 0 Å². The van der Waals surface area contributed by atoms with Crippen LogP contribution in [0.15, 0.2) is 174 Å². The zero-order chi connectivity index (χ0) is 38.0. The highest BCUT2D eigenvalue weighted by molar-refractivity contribution is 7.26. The summed E-state index contributed by atoms with van der Waals surface area (Å²) in [6, 6.07) is 59.6. The van der Waals surface area contributed by atoms with E-state index in [1.807, 2.05) is 61.6 Å². The quantitative estimate of drug-likeness (QED) is 0.180. The van der Waals surface area contributed by atoms with E-state index in [-0.39, 0.29) is 0 Å². The summed E-state index contributed by atoms with van der Waals surface area (Å²) in [6.07, 6.45) is 0. The molecule has 0 saturated heterocycles. The molecule has 0 aliphatic carbocycles. The number of hydrogen-bond acceptors (Lipinski definition) is 5. The predicted molar refractivity (Wildman–Crippen MR) is 239 cm³/mol. The Hall–Kier alpha value is -7.15. The zero-order valence-electron chi connectivity index (χ0n) is 31.3. The molecule has 5 nitrogen and oxygen atoms in total. The summed E-state index contributed by atoms with van der Waals surface area (Å²) in [5, 5.41) is 9.26. The Bertz CT molecular complexity index is 3500. The van der Waals surface area contributed by atoms with E-state index < -0.39 is 0 Å². The lowest BCUT2D eigenvalue weighted by molar-refractivity contribution is 0.669. The molecule has 0 unspecified atom stereocenters. The summed E-state index contributed by atoms with van der Waals surface area (Å²) < 4.78 is 11.2. The summed E-state index contributed by atoms with van der Waals surface area (Å²) in [6.45, 7) is 4.00. The maximum atomic E-state index is 6.34. The second-order valence-electron chi connectivity index (χ2n) is 14.0. The standard InChI is InChI=1S/C49H28N4OS.C2H6/c1-2-13-30(14-3-1)47-50-48(31-25-26-34-33-16-6-8-22-41(33)54-42(34)28-31)52-49(51-47)53-44-32-15-5-4-12-29(32)24-27-38(44)36-18-10-19-37(45(36)53)40-21-11-20-39-35-17-7-9-23-43(35)55-46(39)40;1-2/h1-28H;1-2H3. The van der Waals surface area contributed by atoms with Gasteiger partial charge in [-0.05, 0) is 29.7 Å². The van der Waals surface area contributed by atoms with Gasteiger partial charge < -0.3 is 4.42 Å². The number of para-hydroxylation sites is 2. The van der Waals surface area contributed by atoms with Gasteiger partial charge in [0.15, 0.2) is 11.6 Å². The summed E-state index contributed by atoms with van der Waals surface area (Å²) in [7, 11) is 0. The average Bonchev–Trinajstić information content (AvgIpc) is 3.97. The fourth-order valence-corrected chi connectivity index (χ4v) is 9.61. The van der Waals surface area contributed by atoms with Crippen LogP contribution in [0.3, 0.4) is 0 Å². The Kier molecular flexibility index (Phi) is 7.72. The Labute approximate surface area is 332 Å². The molecule has 12 rings (SSSR count). The van der Waals surface area contributed by atoms with Crippen LogP contribution >= 0.6 is 11.3 Å². The molecule has 0 atom stereocenters. The van der Waals surface area contributed by atoms with Crippen LogP contribution in [0, 0.1) is 0 Å². The number of hydrogen-bond donors (Lipinski definition) is 0. The highest BCUT2D eigenvalue weighted by Crippen LogP contribution is 2.45. The minimum Gasteiger partial charge on any atom is -0.456 e. The third kappa shape index (κ3) is 5.18. The van der Waals surface area contributed by atoms with Crippen LogP contribution in [0.5, 0.6) is 0 Å². The molecule has 0 fully saturated rings. The molecule has 8 aromatic carbocycles. The molecule has 4 heterocycles. The maximum absolute atomic E-state index is 6.34. The van der Waals surface area contributed by atoms with Gasteiger partial charge in [-0.15, -0.1) is 11.3 Å². The molecule has 0 radical (unpaired) electrons. The van der Waals surface area contributed by atoms with Gasteiger partial charge in [-0.25, -0.2) is 4.98 Å². The normalized spacial score (nSPS) is 11.7. The van der Waals surface area contributed by atoms with Crippen molar-refractivity contribution in [2.75, 3.05) is 0 Å². The van der Waals surface area contributed by atoms with Gasteiger partial charge in [-0.1, -0.05) is 159 Å². The summed E-state index contributed by atoms with van der Waals surface area (Å²) in [5.74, 6) is 1.73. The lowest BCUT2D eigenvalue weighted by atomic mass is 9.99. The van der Waals surface area contributed by atoms with E-state index in [2.05, 4.69) is 138 Å². The molecular weight excluding hydrogens is 717 g/mol. The summed E-state index contributed by atoms with van der Waals surface area (Å²) in [5.41, 5.74) is 7.85. The van der Waals surface area contributed by atoms with Gasteiger partial charge in [-0.2, -0.15) is 9.97 Å². The van der Waals surface area contributed by atoms with E-state index in [9.17, 15) is 0 Å². The van der Waals surface area contributed by atoms with Crippen LogP contribution in [0.25, 0.3) is 115 Å². The lowest BCUT2D eigenvalue weighted by Crippen LogP contribution is -2.07. The maximum Gasteiger partial charge on any atom is 0.238 e. The monoisotopic (exact) mass is 750 g/mol. The number of aromatic nitrogens is 4. The minimum atomic E-state index is 0.556. The smallest absolute Gasteiger partial charge is 0.238 e. The van der Waals surface area contributed by atoms with Crippen molar-refractivity contribution in [2.24, 2.45) is 0 Å². The number of furan rings is 1. The van der Waals surface area contributed by atoms with E-state index in [0.29, 0.717) is 17.6 Å². The van der Waals surface area contributed by atoms with Crippen molar-refractivity contribution in [1.82, 2.24) is 19.5 Å². The van der Waals surface area contributed by atoms with E-state index >= 15 is 0 Å². The van der Waals surface area contributed by atoms with Crippen LogP contribution in [0.1, 0.15) is 13.8 Å². The first-order chi connectivity index (χ1) is 28.3. The number of rotatable bonds is 4. The van der Waals surface area contributed by atoms with Gasteiger partial charge in [0.2, 0.25) is 5.95 Å². The molecule has 6 heteroatoms. The second-order valence-corrected chi connectivity index (χ2v) is 15.0. The SMILES string of the molecule is CC.c1ccc(-c2nc(-c3ccc4c(c3)oc3ccccc34)nc(-n3c4c(-c5cccc6c5sc5ccccc56)cccc4c4ccc5ccccc5c43)n2)cc1. The molecule has 0 saturated carbocycles. The summed E-state index contributed by atoms with van der Waals surface area (Å²) >= 11 is 1.85. The highest BCUT2D eigenvalue weighted by Gasteiger charge is 2.23. The number of nitrogens with zero attached hydrogens (tertiary/aromatic N) is 4. The Morgan fingerprint density at radius 3 is 1.93 bits per heavy atom. The molecule has 0 N–H and O–H groups in total. The molecular formula is C51H34N4OS. The van der Waals surface area contributed by atoms with Gasteiger partial charge in [0.1, 0.15) is 11.2 Å².